The van der Waals surface area contributed by atoms with Gasteiger partial charge in [-0.05, 0) is 42.9 Å². The van der Waals surface area contributed by atoms with E-state index in [9.17, 15) is 27.6 Å². The Kier molecular flexibility index (Phi) is 9.25. The molecular formula is C24H24F3N3O6S. The van der Waals surface area contributed by atoms with Gasteiger partial charge >= 0.3 is 11.9 Å². The van der Waals surface area contributed by atoms with E-state index in [1.807, 2.05) is 6.92 Å². The molecule has 2 heterocycles. The Hall–Kier alpha value is -3.47. The maximum Gasteiger partial charge on any atom is 0.423 e. The highest BCUT2D eigenvalue weighted by Crippen LogP contribution is 2.32. The Bertz CT molecular complexity index is 1280. The topological polar surface area (TPSA) is 112 Å². The normalized spacial score (nSPS) is 19.3. The van der Waals surface area contributed by atoms with E-state index < -0.39 is 41.4 Å². The molecule has 3 atom stereocenters. The van der Waals surface area contributed by atoms with Gasteiger partial charge in [-0.2, -0.15) is 13.2 Å². The van der Waals surface area contributed by atoms with E-state index in [1.165, 1.54) is 0 Å². The third-order valence-electron chi connectivity index (χ3n) is 5.40. The van der Waals surface area contributed by atoms with Crippen molar-refractivity contribution in [3.05, 3.63) is 62.4 Å². The van der Waals surface area contributed by atoms with Crippen LogP contribution in [0.4, 0.5) is 18.9 Å². The maximum atomic E-state index is 13.2. The largest absolute Gasteiger partial charge is 0.480 e. The van der Waals surface area contributed by atoms with Gasteiger partial charge < -0.3 is 19.5 Å². The first-order valence-corrected chi connectivity index (χ1v) is 11.6. The number of rotatable bonds is 9. The van der Waals surface area contributed by atoms with Gasteiger partial charge in [-0.1, -0.05) is 12.8 Å². The Morgan fingerprint density at radius 2 is 2.03 bits per heavy atom. The summed E-state index contributed by atoms with van der Waals surface area (Å²) < 4.78 is 57.2. The zero-order valence-corrected chi connectivity index (χ0v) is 20.5. The number of carbonyl (C=O) groups excluding carboxylic acids is 1. The molecule has 1 aliphatic heterocycles. The van der Waals surface area contributed by atoms with E-state index in [2.05, 4.69) is 11.2 Å². The number of amides is 1. The third kappa shape index (κ3) is 7.28. The highest BCUT2D eigenvalue weighted by molar-refractivity contribution is 7.80. The number of thiocarbonyl (C=S) groups is 1. The zero-order chi connectivity index (χ0) is 27.2. The number of carbonyl (C=O) groups is 1. The van der Waals surface area contributed by atoms with Crippen LogP contribution in [0.5, 0.6) is 0 Å². The molecule has 2 aromatic rings. The second-order valence-electron chi connectivity index (χ2n) is 8.10. The van der Waals surface area contributed by atoms with Gasteiger partial charge in [-0.15, -0.1) is 6.42 Å². The fraction of sp³-hybridized carbons (Fsp3) is 0.417. The minimum absolute atomic E-state index is 0.0299. The molecule has 2 N–H and O–H groups in total. The molecule has 0 saturated carbocycles. The molecule has 0 spiro atoms. The lowest BCUT2D eigenvalue weighted by Crippen LogP contribution is -2.36. The molecule has 1 amide bonds. The number of ether oxygens (including phenoxy) is 3. The molecule has 37 heavy (non-hydrogen) atoms. The van der Waals surface area contributed by atoms with Gasteiger partial charge in [-0.25, -0.2) is 4.79 Å². The number of hydrogen-bond donors (Lipinski definition) is 2. The van der Waals surface area contributed by atoms with Gasteiger partial charge in [0.15, 0.2) is 5.05 Å². The standard InChI is InChI=1S/C24H24F3N3O6S/c1-3-5-19(31)28-15-8-6-14(7-9-15)22(37)35-13-18-17(34-10-4-2)11-20(36-18)30-12-16(24(25,26)27)21(32)29-23(30)33/h2,6-9,12,17-18,20H,3,5,10-11,13H2,1H3,(H,28,31)(H,29,32,33)/t17-,18+,20+/m0/s1. The summed E-state index contributed by atoms with van der Waals surface area (Å²) in [5, 5.41) is 2.86. The number of anilines is 1. The van der Waals surface area contributed by atoms with Crippen LogP contribution in [0.15, 0.2) is 40.1 Å². The molecule has 1 aromatic carbocycles. The fourth-order valence-electron chi connectivity index (χ4n) is 3.63. The van der Waals surface area contributed by atoms with Crippen molar-refractivity contribution in [1.82, 2.24) is 9.55 Å². The second-order valence-corrected chi connectivity index (χ2v) is 8.47. The predicted octanol–water partition coefficient (Wildman–Crippen LogP) is 2.99. The average Bonchev–Trinajstić information content (AvgIpc) is 3.23. The van der Waals surface area contributed by atoms with Crippen molar-refractivity contribution in [1.29, 1.82) is 0 Å². The lowest BCUT2D eigenvalue weighted by atomic mass is 10.1. The van der Waals surface area contributed by atoms with Gasteiger partial charge in [0.25, 0.3) is 5.56 Å². The summed E-state index contributed by atoms with van der Waals surface area (Å²) >= 11 is 5.31. The van der Waals surface area contributed by atoms with Crippen LogP contribution in [0, 0.1) is 12.3 Å². The minimum atomic E-state index is -4.97. The molecule has 1 aromatic heterocycles. The monoisotopic (exact) mass is 539 g/mol. The summed E-state index contributed by atoms with van der Waals surface area (Å²) in [6, 6.07) is 6.65. The van der Waals surface area contributed by atoms with Crippen molar-refractivity contribution < 1.29 is 32.2 Å². The van der Waals surface area contributed by atoms with Crippen LogP contribution in [0.1, 0.15) is 43.5 Å². The molecule has 0 unspecified atom stereocenters. The molecule has 9 nitrogen and oxygen atoms in total. The zero-order valence-electron chi connectivity index (χ0n) is 19.7. The minimum Gasteiger partial charge on any atom is -0.480 e. The van der Waals surface area contributed by atoms with Gasteiger partial charge in [0.1, 0.15) is 31.1 Å². The van der Waals surface area contributed by atoms with Crippen molar-refractivity contribution in [2.24, 2.45) is 0 Å². The first kappa shape index (κ1) is 28.1. The number of benzene rings is 1. The van der Waals surface area contributed by atoms with Gasteiger partial charge in [0, 0.05) is 30.3 Å². The smallest absolute Gasteiger partial charge is 0.423 e. The Morgan fingerprint density at radius 1 is 1.32 bits per heavy atom. The van der Waals surface area contributed by atoms with E-state index in [4.69, 9.17) is 32.9 Å². The molecule has 0 bridgehead atoms. The molecule has 1 saturated heterocycles. The molecule has 1 aliphatic rings. The van der Waals surface area contributed by atoms with Crippen LogP contribution in [0.3, 0.4) is 0 Å². The van der Waals surface area contributed by atoms with E-state index in [0.29, 0.717) is 28.4 Å². The summed E-state index contributed by atoms with van der Waals surface area (Å²) in [6.07, 6.45) is -0.956. The second kappa shape index (κ2) is 12.2. The number of nitrogens with one attached hydrogen (secondary N) is 2. The molecule has 13 heteroatoms. The summed E-state index contributed by atoms with van der Waals surface area (Å²) in [6.45, 7) is 1.64. The Morgan fingerprint density at radius 3 is 2.65 bits per heavy atom. The van der Waals surface area contributed by atoms with E-state index in [1.54, 1.807) is 29.2 Å². The number of terminal acetylenes is 1. The van der Waals surface area contributed by atoms with Crippen molar-refractivity contribution >= 4 is 28.9 Å². The van der Waals surface area contributed by atoms with Crippen LogP contribution >= 0.6 is 12.2 Å². The van der Waals surface area contributed by atoms with Crippen LogP contribution < -0.4 is 16.6 Å². The lowest BCUT2D eigenvalue weighted by Gasteiger charge is -2.19. The predicted molar refractivity (Wildman–Crippen MR) is 131 cm³/mol. The van der Waals surface area contributed by atoms with Crippen LogP contribution in [0.2, 0.25) is 0 Å². The fourth-order valence-corrected chi connectivity index (χ4v) is 3.84. The Labute approximate surface area is 214 Å². The maximum absolute atomic E-state index is 13.2. The number of hydrogen-bond acceptors (Lipinski definition) is 7. The summed E-state index contributed by atoms with van der Waals surface area (Å²) in [5.41, 5.74) is -3.01. The molecule has 0 aliphatic carbocycles. The van der Waals surface area contributed by atoms with E-state index >= 15 is 0 Å². The number of aromatic amines is 1. The van der Waals surface area contributed by atoms with Gasteiger partial charge in [-0.3, -0.25) is 19.1 Å². The third-order valence-corrected chi connectivity index (χ3v) is 5.76. The first-order chi connectivity index (χ1) is 17.5. The van der Waals surface area contributed by atoms with E-state index in [-0.39, 0.29) is 30.6 Å². The van der Waals surface area contributed by atoms with Gasteiger partial charge in [0.2, 0.25) is 5.91 Å². The SMILES string of the molecule is C#CCO[C@H]1C[C@H](n2cc(C(F)(F)F)c(=O)[nH]c2=O)O[C@@H]1COC(=S)c1ccc(NC(=O)CCC)cc1. The number of H-pyrrole nitrogens is 1. The Balaban J connectivity index is 1.70. The highest BCUT2D eigenvalue weighted by atomic mass is 32.1. The van der Waals surface area contributed by atoms with Crippen molar-refractivity contribution in [3.8, 4) is 12.3 Å². The number of alkyl halides is 3. The number of aromatic nitrogens is 2. The van der Waals surface area contributed by atoms with Crippen molar-refractivity contribution in [2.45, 2.75) is 50.8 Å². The van der Waals surface area contributed by atoms with E-state index in [0.717, 1.165) is 6.42 Å². The average molecular weight is 540 g/mol. The number of nitrogens with zero attached hydrogens (tertiary/aromatic N) is 1. The van der Waals surface area contributed by atoms with Crippen molar-refractivity contribution in [2.75, 3.05) is 18.5 Å². The molecular weight excluding hydrogens is 515 g/mol. The van der Waals surface area contributed by atoms with Crippen LogP contribution in [0.25, 0.3) is 0 Å². The van der Waals surface area contributed by atoms with Crippen LogP contribution in [-0.2, 0) is 25.2 Å². The molecule has 198 valence electrons. The number of halogens is 3. The van der Waals surface area contributed by atoms with Crippen LogP contribution in [-0.4, -0.2) is 45.9 Å². The first-order valence-electron chi connectivity index (χ1n) is 11.2. The van der Waals surface area contributed by atoms with Crippen molar-refractivity contribution in [3.63, 3.8) is 0 Å². The molecule has 0 radical (unpaired) electrons. The summed E-state index contributed by atoms with van der Waals surface area (Å²) in [7, 11) is 0. The molecule has 3 rings (SSSR count). The quantitative estimate of drug-likeness (QED) is 0.372. The highest BCUT2D eigenvalue weighted by Gasteiger charge is 2.40. The summed E-state index contributed by atoms with van der Waals surface area (Å²) in [5.74, 6) is 2.19. The van der Waals surface area contributed by atoms with Gasteiger partial charge in [0.05, 0.1) is 6.10 Å². The summed E-state index contributed by atoms with van der Waals surface area (Å²) in [4.78, 5) is 37.2. The molecule has 1 fully saturated rings. The lowest BCUT2D eigenvalue weighted by molar-refractivity contribution is -0.139.